The molecule has 1 fully saturated rings. The standard InChI is InChI=1S/C10H20O9S/c1-2-5(11)3-18-10-9(14)8(13)7(12)6(19-10)4-20(15,16)17/h5-14H,2-4H2,1H3,(H,15,16,17)/t5?,6?,7-,8-,9?,10+/m1/s1. The highest BCUT2D eigenvalue weighted by Crippen LogP contribution is 2.23. The zero-order chi connectivity index (χ0) is 15.5. The predicted octanol–water partition coefficient (Wildman–Crippen LogP) is -2.53. The molecule has 0 radical (unpaired) electrons. The van der Waals surface area contributed by atoms with Crippen molar-refractivity contribution in [2.75, 3.05) is 12.4 Å². The molecule has 9 nitrogen and oxygen atoms in total. The van der Waals surface area contributed by atoms with Crippen molar-refractivity contribution in [2.45, 2.75) is 50.2 Å². The van der Waals surface area contributed by atoms with E-state index in [1.807, 2.05) is 0 Å². The van der Waals surface area contributed by atoms with Crippen LogP contribution in [0.2, 0.25) is 0 Å². The van der Waals surface area contributed by atoms with E-state index in [0.717, 1.165) is 0 Å². The molecule has 1 heterocycles. The van der Waals surface area contributed by atoms with E-state index in [-0.39, 0.29) is 6.61 Å². The number of ether oxygens (including phenoxy) is 2. The molecule has 0 aromatic rings. The van der Waals surface area contributed by atoms with Gasteiger partial charge < -0.3 is 29.9 Å². The van der Waals surface area contributed by atoms with Gasteiger partial charge in [0.05, 0.1) is 12.7 Å². The lowest BCUT2D eigenvalue weighted by Crippen LogP contribution is -2.60. The Morgan fingerprint density at radius 3 is 2.30 bits per heavy atom. The van der Waals surface area contributed by atoms with E-state index in [4.69, 9.17) is 14.0 Å². The maximum Gasteiger partial charge on any atom is 0.267 e. The lowest BCUT2D eigenvalue weighted by atomic mass is 10.00. The molecule has 0 spiro atoms. The zero-order valence-electron chi connectivity index (χ0n) is 10.9. The van der Waals surface area contributed by atoms with Gasteiger partial charge in [-0.15, -0.1) is 0 Å². The molecule has 120 valence electrons. The molecule has 1 rings (SSSR count). The Kier molecular flexibility index (Phi) is 6.28. The second-order valence-corrected chi connectivity index (χ2v) is 6.16. The van der Waals surface area contributed by atoms with E-state index in [2.05, 4.69) is 0 Å². The lowest BCUT2D eigenvalue weighted by molar-refractivity contribution is -0.296. The highest BCUT2D eigenvalue weighted by molar-refractivity contribution is 7.85. The summed E-state index contributed by atoms with van der Waals surface area (Å²) in [7, 11) is -4.44. The lowest BCUT2D eigenvalue weighted by Gasteiger charge is -2.40. The molecular formula is C10H20O9S. The van der Waals surface area contributed by atoms with Crippen LogP contribution in [0, 0.1) is 0 Å². The van der Waals surface area contributed by atoms with Gasteiger partial charge in [0, 0.05) is 0 Å². The molecule has 0 saturated carbocycles. The van der Waals surface area contributed by atoms with Crippen LogP contribution in [0.4, 0.5) is 0 Å². The largest absolute Gasteiger partial charge is 0.391 e. The van der Waals surface area contributed by atoms with Gasteiger partial charge in [0.2, 0.25) is 0 Å². The molecule has 0 amide bonds. The van der Waals surface area contributed by atoms with Gasteiger partial charge >= 0.3 is 0 Å². The molecule has 20 heavy (non-hydrogen) atoms. The Bertz CT molecular complexity index is 398. The number of rotatable bonds is 6. The average molecular weight is 316 g/mol. The summed E-state index contributed by atoms with van der Waals surface area (Å²) in [5.41, 5.74) is 0. The van der Waals surface area contributed by atoms with Crippen molar-refractivity contribution < 1.29 is 42.9 Å². The average Bonchev–Trinajstić information content (AvgIpc) is 2.36. The van der Waals surface area contributed by atoms with Crippen LogP contribution in [-0.2, 0) is 19.6 Å². The van der Waals surface area contributed by atoms with Crippen LogP contribution in [0.1, 0.15) is 13.3 Å². The maximum absolute atomic E-state index is 10.8. The topological polar surface area (TPSA) is 154 Å². The molecule has 10 heteroatoms. The number of hydrogen-bond acceptors (Lipinski definition) is 8. The third-order valence-electron chi connectivity index (χ3n) is 2.97. The fourth-order valence-electron chi connectivity index (χ4n) is 1.72. The van der Waals surface area contributed by atoms with Gasteiger partial charge in [-0.2, -0.15) is 8.42 Å². The van der Waals surface area contributed by atoms with Crippen LogP contribution in [-0.4, -0.2) is 82.6 Å². The molecule has 1 saturated heterocycles. The molecule has 1 aliphatic heterocycles. The van der Waals surface area contributed by atoms with Crippen molar-refractivity contribution in [3.8, 4) is 0 Å². The Balaban J connectivity index is 2.70. The number of aliphatic hydroxyl groups is 4. The first-order chi connectivity index (χ1) is 9.15. The number of hydrogen-bond donors (Lipinski definition) is 5. The summed E-state index contributed by atoms with van der Waals surface area (Å²) in [4.78, 5) is 0. The van der Waals surface area contributed by atoms with Crippen LogP contribution in [0.3, 0.4) is 0 Å². The Hall–Kier alpha value is -0.330. The van der Waals surface area contributed by atoms with Crippen LogP contribution in [0.5, 0.6) is 0 Å². The van der Waals surface area contributed by atoms with Crippen molar-refractivity contribution in [1.29, 1.82) is 0 Å². The molecular weight excluding hydrogens is 296 g/mol. The summed E-state index contributed by atoms with van der Waals surface area (Å²) >= 11 is 0. The molecule has 0 aromatic carbocycles. The summed E-state index contributed by atoms with van der Waals surface area (Å²) < 4.78 is 40.4. The normalized spacial score (nSPS) is 36.8. The fourth-order valence-corrected chi connectivity index (χ4v) is 2.41. The molecule has 3 unspecified atom stereocenters. The van der Waals surface area contributed by atoms with Gasteiger partial charge in [-0.1, -0.05) is 6.92 Å². The summed E-state index contributed by atoms with van der Waals surface area (Å²) in [6.07, 6.45) is -8.28. The van der Waals surface area contributed by atoms with Crippen LogP contribution in [0.15, 0.2) is 0 Å². The second kappa shape index (κ2) is 7.09. The monoisotopic (exact) mass is 316 g/mol. The summed E-state index contributed by atoms with van der Waals surface area (Å²) in [6.45, 7) is 1.51. The summed E-state index contributed by atoms with van der Waals surface area (Å²) in [6, 6.07) is 0. The minimum absolute atomic E-state index is 0.195. The van der Waals surface area contributed by atoms with Crippen molar-refractivity contribution >= 4 is 10.1 Å². The zero-order valence-corrected chi connectivity index (χ0v) is 11.7. The van der Waals surface area contributed by atoms with E-state index in [1.54, 1.807) is 6.92 Å². The smallest absolute Gasteiger partial charge is 0.267 e. The van der Waals surface area contributed by atoms with Gasteiger partial charge in [0.15, 0.2) is 6.29 Å². The SMILES string of the molecule is CCC(O)CO[C@H]1OC(CS(=O)(=O)O)[C@@H](O)[C@@H](O)C1O. The van der Waals surface area contributed by atoms with E-state index in [1.165, 1.54) is 0 Å². The maximum atomic E-state index is 10.8. The molecule has 1 aliphatic rings. The molecule has 0 bridgehead atoms. The van der Waals surface area contributed by atoms with Gasteiger partial charge in [-0.25, -0.2) is 0 Å². The fraction of sp³-hybridized carbons (Fsp3) is 1.00. The second-order valence-electron chi connectivity index (χ2n) is 4.66. The first-order valence-electron chi connectivity index (χ1n) is 6.10. The van der Waals surface area contributed by atoms with Gasteiger partial charge in [-0.05, 0) is 6.42 Å². The van der Waals surface area contributed by atoms with Crippen molar-refractivity contribution in [1.82, 2.24) is 0 Å². The summed E-state index contributed by atoms with van der Waals surface area (Å²) in [5.74, 6) is -0.950. The van der Waals surface area contributed by atoms with Gasteiger partial charge in [0.25, 0.3) is 10.1 Å². The summed E-state index contributed by atoms with van der Waals surface area (Å²) in [5, 5.41) is 38.2. The molecule has 0 aromatic heterocycles. The van der Waals surface area contributed by atoms with Crippen molar-refractivity contribution in [3.05, 3.63) is 0 Å². The number of aliphatic hydroxyl groups excluding tert-OH is 4. The van der Waals surface area contributed by atoms with Crippen LogP contribution >= 0.6 is 0 Å². The third-order valence-corrected chi connectivity index (χ3v) is 3.72. The van der Waals surface area contributed by atoms with E-state index >= 15 is 0 Å². The van der Waals surface area contributed by atoms with Gasteiger partial charge in [-0.3, -0.25) is 4.55 Å². The minimum Gasteiger partial charge on any atom is -0.391 e. The predicted molar refractivity (Wildman–Crippen MR) is 65.3 cm³/mol. The van der Waals surface area contributed by atoms with E-state index in [9.17, 15) is 28.8 Å². The Labute approximate surface area is 116 Å². The first-order valence-corrected chi connectivity index (χ1v) is 7.71. The Morgan fingerprint density at radius 1 is 1.20 bits per heavy atom. The van der Waals surface area contributed by atoms with E-state index in [0.29, 0.717) is 6.42 Å². The molecule has 0 aliphatic carbocycles. The van der Waals surface area contributed by atoms with Gasteiger partial charge in [0.1, 0.15) is 30.2 Å². The highest BCUT2D eigenvalue weighted by atomic mass is 32.2. The Morgan fingerprint density at radius 2 is 1.80 bits per heavy atom. The molecule has 6 atom stereocenters. The molecule has 5 N–H and O–H groups in total. The quantitative estimate of drug-likeness (QED) is 0.334. The third kappa shape index (κ3) is 4.90. The van der Waals surface area contributed by atoms with E-state index < -0.39 is 52.7 Å². The minimum atomic E-state index is -4.44. The van der Waals surface area contributed by atoms with Crippen LogP contribution < -0.4 is 0 Å². The van der Waals surface area contributed by atoms with Crippen molar-refractivity contribution in [3.63, 3.8) is 0 Å². The first kappa shape index (κ1) is 17.7. The highest BCUT2D eigenvalue weighted by Gasteiger charge is 2.45. The van der Waals surface area contributed by atoms with Crippen LogP contribution in [0.25, 0.3) is 0 Å². The van der Waals surface area contributed by atoms with Crippen molar-refractivity contribution in [2.24, 2.45) is 0 Å².